The molecule has 154 valence electrons. The molecule has 7 nitrogen and oxygen atoms in total. The molecule has 0 N–H and O–H groups in total. The van der Waals surface area contributed by atoms with E-state index in [4.69, 9.17) is 4.74 Å². The molecule has 0 aliphatic carbocycles. The third kappa shape index (κ3) is 3.89. The van der Waals surface area contributed by atoms with Crippen molar-refractivity contribution in [2.24, 2.45) is 11.8 Å². The molecule has 3 heterocycles. The van der Waals surface area contributed by atoms with Crippen LogP contribution in [0.2, 0.25) is 0 Å². The van der Waals surface area contributed by atoms with Gasteiger partial charge in [0.05, 0.1) is 12.2 Å². The van der Waals surface area contributed by atoms with Crippen LogP contribution in [0.5, 0.6) is 0 Å². The number of nitrogens with zero attached hydrogens (tertiary/aromatic N) is 4. The van der Waals surface area contributed by atoms with Crippen molar-refractivity contribution in [3.8, 4) is 0 Å². The quantitative estimate of drug-likeness (QED) is 0.765. The lowest BCUT2D eigenvalue weighted by molar-refractivity contribution is -0.137. The number of halogens is 1. The Labute approximate surface area is 169 Å². The fourth-order valence-electron chi connectivity index (χ4n) is 4.62. The first kappa shape index (κ1) is 19.6. The number of carbonyl (C=O) groups is 2. The van der Waals surface area contributed by atoms with E-state index in [1.54, 1.807) is 21.8 Å². The van der Waals surface area contributed by atoms with Crippen molar-refractivity contribution in [1.82, 2.24) is 19.6 Å². The highest BCUT2D eigenvalue weighted by Gasteiger charge is 2.50. The molecule has 0 spiro atoms. The number of fused-ring (bicyclic) bond motifs is 1. The Morgan fingerprint density at radius 2 is 2.07 bits per heavy atom. The van der Waals surface area contributed by atoms with Gasteiger partial charge in [0, 0.05) is 44.8 Å². The fourth-order valence-corrected chi connectivity index (χ4v) is 4.62. The standard InChI is InChI=1S/C21H25FN4O3/c1-14-7-23-25(8-14)12-19(27)24-9-16-10-26(20(28)13-29-2)21(18(16)11-24)15-4-3-5-17(22)6-15/h3-8,16,18,21H,9-13H2,1-2H3/t16-,18-,21+/m1/s1. The number of hydrogen-bond acceptors (Lipinski definition) is 4. The van der Waals surface area contributed by atoms with Gasteiger partial charge in [0.25, 0.3) is 0 Å². The number of likely N-dealkylation sites (tertiary alicyclic amines) is 2. The number of rotatable bonds is 5. The van der Waals surface area contributed by atoms with Crippen LogP contribution in [0, 0.1) is 24.6 Å². The molecule has 2 aliphatic rings. The van der Waals surface area contributed by atoms with E-state index in [1.165, 1.54) is 19.2 Å². The molecule has 0 radical (unpaired) electrons. The second kappa shape index (κ2) is 7.94. The zero-order valence-corrected chi connectivity index (χ0v) is 16.6. The number of benzene rings is 1. The van der Waals surface area contributed by atoms with Crippen LogP contribution in [0.15, 0.2) is 36.7 Å². The van der Waals surface area contributed by atoms with Crippen molar-refractivity contribution in [2.45, 2.75) is 19.5 Å². The zero-order chi connectivity index (χ0) is 20.5. The highest BCUT2D eigenvalue weighted by atomic mass is 19.1. The van der Waals surface area contributed by atoms with Crippen molar-refractivity contribution in [2.75, 3.05) is 33.4 Å². The lowest BCUT2D eigenvalue weighted by Crippen LogP contribution is -2.39. The summed E-state index contributed by atoms with van der Waals surface area (Å²) in [4.78, 5) is 29.0. The number of amides is 2. The van der Waals surface area contributed by atoms with E-state index in [2.05, 4.69) is 5.10 Å². The van der Waals surface area contributed by atoms with E-state index >= 15 is 0 Å². The minimum atomic E-state index is -0.329. The van der Waals surface area contributed by atoms with Gasteiger partial charge in [-0.25, -0.2) is 4.39 Å². The average molecular weight is 400 g/mol. The lowest BCUT2D eigenvalue weighted by Gasteiger charge is -2.30. The second-order valence-electron chi connectivity index (χ2n) is 7.92. The van der Waals surface area contributed by atoms with Crippen LogP contribution in [0.3, 0.4) is 0 Å². The van der Waals surface area contributed by atoms with Crippen molar-refractivity contribution in [3.05, 3.63) is 53.6 Å². The van der Waals surface area contributed by atoms with Gasteiger partial charge < -0.3 is 14.5 Å². The summed E-state index contributed by atoms with van der Waals surface area (Å²) in [6.45, 7) is 3.80. The van der Waals surface area contributed by atoms with Crippen LogP contribution in [0.25, 0.3) is 0 Å². The summed E-state index contributed by atoms with van der Waals surface area (Å²) in [6.07, 6.45) is 3.57. The second-order valence-corrected chi connectivity index (χ2v) is 7.92. The molecule has 0 bridgehead atoms. The average Bonchev–Trinajstić information content (AvgIpc) is 3.35. The molecule has 3 atom stereocenters. The predicted octanol–water partition coefficient (Wildman–Crippen LogP) is 1.64. The summed E-state index contributed by atoms with van der Waals surface area (Å²) in [5.74, 6) is -0.199. The van der Waals surface area contributed by atoms with E-state index in [9.17, 15) is 14.0 Å². The molecule has 8 heteroatoms. The van der Waals surface area contributed by atoms with E-state index in [1.807, 2.05) is 24.1 Å². The predicted molar refractivity (Wildman–Crippen MR) is 103 cm³/mol. The summed E-state index contributed by atoms with van der Waals surface area (Å²) >= 11 is 0. The summed E-state index contributed by atoms with van der Waals surface area (Å²) in [5.41, 5.74) is 1.77. The Kier molecular flexibility index (Phi) is 5.36. The van der Waals surface area contributed by atoms with Crippen LogP contribution in [0.4, 0.5) is 4.39 Å². The molecular weight excluding hydrogens is 375 g/mol. The van der Waals surface area contributed by atoms with Gasteiger partial charge in [0.1, 0.15) is 19.0 Å². The first-order valence-electron chi connectivity index (χ1n) is 9.77. The number of aromatic nitrogens is 2. The first-order valence-corrected chi connectivity index (χ1v) is 9.77. The van der Waals surface area contributed by atoms with Crippen LogP contribution in [0.1, 0.15) is 17.2 Å². The van der Waals surface area contributed by atoms with Crippen molar-refractivity contribution in [3.63, 3.8) is 0 Å². The third-order valence-electron chi connectivity index (χ3n) is 5.85. The normalized spacial score (nSPS) is 23.5. The highest BCUT2D eigenvalue weighted by Crippen LogP contribution is 2.45. The Morgan fingerprint density at radius 3 is 2.76 bits per heavy atom. The third-order valence-corrected chi connectivity index (χ3v) is 5.85. The Hall–Kier alpha value is -2.74. The largest absolute Gasteiger partial charge is 0.375 e. The maximum atomic E-state index is 13.9. The van der Waals surface area contributed by atoms with Crippen molar-refractivity contribution >= 4 is 11.8 Å². The minimum Gasteiger partial charge on any atom is -0.375 e. The van der Waals surface area contributed by atoms with Gasteiger partial charge in [-0.2, -0.15) is 5.10 Å². The maximum Gasteiger partial charge on any atom is 0.249 e. The Balaban J connectivity index is 1.53. The summed E-state index contributed by atoms with van der Waals surface area (Å²) in [7, 11) is 1.49. The highest BCUT2D eigenvalue weighted by molar-refractivity contribution is 5.79. The lowest BCUT2D eigenvalue weighted by atomic mass is 9.89. The Morgan fingerprint density at radius 1 is 1.24 bits per heavy atom. The molecular formula is C21H25FN4O3. The number of methoxy groups -OCH3 is 1. The molecule has 2 fully saturated rings. The topological polar surface area (TPSA) is 67.7 Å². The fraction of sp³-hybridized carbons (Fsp3) is 0.476. The van der Waals surface area contributed by atoms with Gasteiger partial charge in [0.2, 0.25) is 11.8 Å². The number of aryl methyl sites for hydroxylation is 1. The number of hydrogen-bond donors (Lipinski definition) is 0. The molecule has 2 amide bonds. The van der Waals surface area contributed by atoms with Gasteiger partial charge in [-0.05, 0) is 30.2 Å². The van der Waals surface area contributed by atoms with Crippen molar-refractivity contribution < 1.29 is 18.7 Å². The minimum absolute atomic E-state index is 0.00739. The Bertz CT molecular complexity index is 915. The van der Waals surface area contributed by atoms with Gasteiger partial charge in [-0.3, -0.25) is 14.3 Å². The van der Waals surface area contributed by atoms with Gasteiger partial charge in [0.15, 0.2) is 0 Å². The molecule has 2 saturated heterocycles. The van der Waals surface area contributed by atoms with Gasteiger partial charge in [-0.15, -0.1) is 0 Å². The molecule has 1 aromatic heterocycles. The molecule has 29 heavy (non-hydrogen) atoms. The number of carbonyl (C=O) groups excluding carboxylic acids is 2. The van der Waals surface area contributed by atoms with E-state index in [0.29, 0.717) is 19.6 Å². The molecule has 0 unspecified atom stereocenters. The monoisotopic (exact) mass is 400 g/mol. The summed E-state index contributed by atoms with van der Waals surface area (Å²) in [6, 6.07) is 6.13. The van der Waals surface area contributed by atoms with Crippen molar-refractivity contribution in [1.29, 1.82) is 0 Å². The van der Waals surface area contributed by atoms with E-state index < -0.39 is 0 Å². The SMILES string of the molecule is COCC(=O)N1C[C@H]2CN(C(=O)Cn3cc(C)cn3)C[C@H]2[C@@H]1c1cccc(F)c1. The maximum absolute atomic E-state index is 13.9. The molecule has 2 aromatic rings. The van der Waals surface area contributed by atoms with E-state index in [-0.39, 0.29) is 48.7 Å². The van der Waals surface area contributed by atoms with Crippen LogP contribution >= 0.6 is 0 Å². The molecule has 4 rings (SSSR count). The number of ether oxygens (including phenoxy) is 1. The first-order chi connectivity index (χ1) is 14.0. The molecule has 1 aromatic carbocycles. The molecule has 0 saturated carbocycles. The van der Waals surface area contributed by atoms with Crippen LogP contribution in [-0.2, 0) is 20.9 Å². The summed E-state index contributed by atoms with van der Waals surface area (Å²) < 4.78 is 20.6. The zero-order valence-electron chi connectivity index (χ0n) is 16.6. The smallest absolute Gasteiger partial charge is 0.249 e. The van der Waals surface area contributed by atoms with Crippen LogP contribution in [-0.4, -0.2) is 64.7 Å². The van der Waals surface area contributed by atoms with Gasteiger partial charge >= 0.3 is 0 Å². The molecule has 2 aliphatic heterocycles. The van der Waals surface area contributed by atoms with Gasteiger partial charge in [-0.1, -0.05) is 12.1 Å². The van der Waals surface area contributed by atoms with E-state index in [0.717, 1.165) is 11.1 Å². The summed E-state index contributed by atoms with van der Waals surface area (Å²) in [5, 5.41) is 4.19. The van der Waals surface area contributed by atoms with Crippen LogP contribution < -0.4 is 0 Å².